The number of hydrogen-bond donors (Lipinski definition) is 1. The highest BCUT2D eigenvalue weighted by atomic mass is 16.7. The van der Waals surface area contributed by atoms with Crippen molar-refractivity contribution < 1.29 is 19.0 Å². The molecule has 27 heavy (non-hydrogen) atoms. The molecule has 1 heterocycles. The maximum absolute atomic E-state index is 13.1. The molecule has 146 valence electrons. The summed E-state index contributed by atoms with van der Waals surface area (Å²) in [6.07, 6.45) is 7.10. The van der Waals surface area contributed by atoms with Gasteiger partial charge in [-0.25, -0.2) is 0 Å². The van der Waals surface area contributed by atoms with E-state index in [9.17, 15) is 4.79 Å². The van der Waals surface area contributed by atoms with Gasteiger partial charge in [-0.05, 0) is 67.4 Å². The monoisotopic (exact) mass is 371 g/mol. The smallest absolute Gasteiger partial charge is 0.231 e. The van der Waals surface area contributed by atoms with Crippen LogP contribution in [-0.4, -0.2) is 25.9 Å². The normalized spacial score (nSPS) is 38.1. The molecule has 4 aliphatic carbocycles. The Morgan fingerprint density at radius 2 is 1.85 bits per heavy atom. The van der Waals surface area contributed by atoms with E-state index in [1.165, 1.54) is 19.3 Å². The maximum Gasteiger partial charge on any atom is 0.231 e. The average Bonchev–Trinajstić information content (AvgIpc) is 3.03. The van der Waals surface area contributed by atoms with E-state index in [-0.39, 0.29) is 18.1 Å². The molecule has 5 aliphatic rings. The van der Waals surface area contributed by atoms with E-state index >= 15 is 0 Å². The van der Waals surface area contributed by atoms with Gasteiger partial charge in [0.25, 0.3) is 0 Å². The molecule has 2 unspecified atom stereocenters. The fourth-order valence-corrected chi connectivity index (χ4v) is 7.19. The lowest BCUT2D eigenvalue weighted by Gasteiger charge is -2.64. The molecule has 1 aliphatic heterocycles. The van der Waals surface area contributed by atoms with Crippen LogP contribution in [0.1, 0.15) is 52.4 Å². The van der Waals surface area contributed by atoms with Crippen LogP contribution in [0.15, 0.2) is 18.2 Å². The van der Waals surface area contributed by atoms with Crippen LogP contribution in [0, 0.1) is 22.2 Å². The number of benzene rings is 1. The molecule has 5 heteroatoms. The number of amides is 1. The van der Waals surface area contributed by atoms with Gasteiger partial charge in [0.05, 0.1) is 12.0 Å². The van der Waals surface area contributed by atoms with Gasteiger partial charge in [0.2, 0.25) is 12.7 Å². The van der Waals surface area contributed by atoms with Crippen LogP contribution in [0.5, 0.6) is 17.2 Å². The highest BCUT2D eigenvalue weighted by Crippen LogP contribution is 2.69. The molecule has 5 nitrogen and oxygen atoms in total. The first-order valence-corrected chi connectivity index (χ1v) is 10.2. The largest absolute Gasteiger partial charge is 0.492 e. The Labute approximate surface area is 160 Å². The SMILES string of the molecule is CC12CC3CC(C)(C1)CC(C(=O)NCCOc1ccc4c(c1)OCO4)(C3)C2. The molecule has 0 aromatic heterocycles. The first kappa shape index (κ1) is 17.2. The van der Waals surface area contributed by atoms with E-state index < -0.39 is 0 Å². The molecule has 1 N–H and O–H groups in total. The fourth-order valence-electron chi connectivity index (χ4n) is 7.19. The summed E-state index contributed by atoms with van der Waals surface area (Å²) in [7, 11) is 0. The van der Waals surface area contributed by atoms with Crippen molar-refractivity contribution in [2.24, 2.45) is 22.2 Å². The zero-order valence-corrected chi connectivity index (χ0v) is 16.3. The van der Waals surface area contributed by atoms with Crippen LogP contribution in [-0.2, 0) is 4.79 Å². The third-order valence-electron chi connectivity index (χ3n) is 7.11. The summed E-state index contributed by atoms with van der Waals surface area (Å²) in [5, 5.41) is 3.18. The first-order valence-electron chi connectivity index (χ1n) is 10.2. The summed E-state index contributed by atoms with van der Waals surface area (Å²) >= 11 is 0. The Morgan fingerprint density at radius 3 is 2.59 bits per heavy atom. The number of fused-ring (bicyclic) bond motifs is 1. The molecule has 0 spiro atoms. The van der Waals surface area contributed by atoms with Crippen molar-refractivity contribution in [1.82, 2.24) is 5.32 Å². The summed E-state index contributed by atoms with van der Waals surface area (Å²) in [5.41, 5.74) is 0.560. The second kappa shape index (κ2) is 5.79. The summed E-state index contributed by atoms with van der Waals surface area (Å²) in [6, 6.07) is 5.56. The third kappa shape index (κ3) is 2.95. The van der Waals surface area contributed by atoms with E-state index in [1.54, 1.807) is 0 Å². The quantitative estimate of drug-likeness (QED) is 0.798. The topological polar surface area (TPSA) is 56.8 Å². The average molecular weight is 371 g/mol. The van der Waals surface area contributed by atoms with Gasteiger partial charge in [0.1, 0.15) is 12.4 Å². The molecular formula is C22H29NO4. The number of rotatable bonds is 5. The van der Waals surface area contributed by atoms with Crippen LogP contribution in [0.2, 0.25) is 0 Å². The first-order chi connectivity index (χ1) is 12.9. The van der Waals surface area contributed by atoms with Crippen molar-refractivity contribution in [2.75, 3.05) is 19.9 Å². The number of nitrogens with one attached hydrogen (secondary N) is 1. The van der Waals surface area contributed by atoms with E-state index in [2.05, 4.69) is 19.2 Å². The van der Waals surface area contributed by atoms with Gasteiger partial charge in [0, 0.05) is 6.07 Å². The van der Waals surface area contributed by atoms with Gasteiger partial charge in [-0.2, -0.15) is 0 Å². The van der Waals surface area contributed by atoms with E-state index in [0.717, 1.165) is 36.7 Å². The van der Waals surface area contributed by atoms with Crippen molar-refractivity contribution in [2.45, 2.75) is 52.4 Å². The maximum atomic E-state index is 13.1. The summed E-state index contributed by atoms with van der Waals surface area (Å²) in [6.45, 7) is 6.06. The summed E-state index contributed by atoms with van der Waals surface area (Å²) < 4.78 is 16.5. The molecule has 4 bridgehead atoms. The van der Waals surface area contributed by atoms with Gasteiger partial charge >= 0.3 is 0 Å². The van der Waals surface area contributed by atoms with Gasteiger partial charge < -0.3 is 19.5 Å². The highest BCUT2D eigenvalue weighted by Gasteiger charge is 2.62. The number of carbonyl (C=O) groups excluding carboxylic acids is 1. The van der Waals surface area contributed by atoms with Crippen LogP contribution in [0.4, 0.5) is 0 Å². The van der Waals surface area contributed by atoms with Crippen molar-refractivity contribution >= 4 is 5.91 Å². The second-order valence-electron chi connectivity index (χ2n) is 10.0. The molecule has 1 aromatic carbocycles. The van der Waals surface area contributed by atoms with Crippen molar-refractivity contribution in [1.29, 1.82) is 0 Å². The minimum atomic E-state index is -0.151. The summed E-state index contributed by atoms with van der Waals surface area (Å²) in [4.78, 5) is 13.1. The van der Waals surface area contributed by atoms with Crippen molar-refractivity contribution in [3.05, 3.63) is 18.2 Å². The van der Waals surface area contributed by atoms with Gasteiger partial charge in [0.15, 0.2) is 11.5 Å². The van der Waals surface area contributed by atoms with Gasteiger partial charge in [-0.15, -0.1) is 0 Å². The Kier molecular flexibility index (Phi) is 3.69. The predicted octanol–water partition coefficient (Wildman–Crippen LogP) is 3.91. The zero-order valence-electron chi connectivity index (χ0n) is 16.3. The molecule has 4 fully saturated rings. The molecule has 0 radical (unpaired) electrons. The van der Waals surface area contributed by atoms with E-state index in [4.69, 9.17) is 14.2 Å². The van der Waals surface area contributed by atoms with Crippen LogP contribution in [0.25, 0.3) is 0 Å². The molecule has 2 atom stereocenters. The Hall–Kier alpha value is -1.91. The highest BCUT2D eigenvalue weighted by molar-refractivity contribution is 5.83. The Bertz CT molecular complexity index is 758. The standard InChI is InChI=1S/C22H29NO4/c1-20-8-15-9-21(2,11-20)13-22(10-15,12-20)19(24)23-5-6-25-16-3-4-17-18(7-16)27-14-26-17/h3-4,7,15H,5-6,8-14H2,1-2H3,(H,23,24). The molecule has 4 saturated carbocycles. The van der Waals surface area contributed by atoms with Crippen molar-refractivity contribution in [3.8, 4) is 17.2 Å². The number of hydrogen-bond acceptors (Lipinski definition) is 4. The third-order valence-corrected chi connectivity index (χ3v) is 7.11. The lowest BCUT2D eigenvalue weighted by molar-refractivity contribution is -0.170. The molecule has 6 rings (SSSR count). The Balaban J connectivity index is 1.18. The molecule has 1 amide bonds. The molecule has 0 saturated heterocycles. The fraction of sp³-hybridized carbons (Fsp3) is 0.682. The van der Waals surface area contributed by atoms with Crippen LogP contribution in [0.3, 0.4) is 0 Å². The van der Waals surface area contributed by atoms with Gasteiger partial charge in [-0.3, -0.25) is 4.79 Å². The van der Waals surface area contributed by atoms with Crippen molar-refractivity contribution in [3.63, 3.8) is 0 Å². The number of ether oxygens (including phenoxy) is 3. The minimum Gasteiger partial charge on any atom is -0.492 e. The zero-order chi connectivity index (χ0) is 18.7. The molecule has 1 aromatic rings. The predicted molar refractivity (Wildman–Crippen MR) is 101 cm³/mol. The Morgan fingerprint density at radius 1 is 1.11 bits per heavy atom. The minimum absolute atomic E-state index is 0.151. The second-order valence-corrected chi connectivity index (χ2v) is 10.0. The van der Waals surface area contributed by atoms with Crippen LogP contribution < -0.4 is 19.5 Å². The lowest BCUT2D eigenvalue weighted by Crippen LogP contribution is -2.60. The van der Waals surface area contributed by atoms with E-state index in [1.807, 2.05) is 18.2 Å². The van der Waals surface area contributed by atoms with E-state index in [0.29, 0.717) is 29.7 Å². The summed E-state index contributed by atoms with van der Waals surface area (Å²) in [5.74, 6) is 3.18. The molecular weight excluding hydrogens is 342 g/mol. The van der Waals surface area contributed by atoms with Crippen LogP contribution >= 0.6 is 0 Å². The van der Waals surface area contributed by atoms with Gasteiger partial charge in [-0.1, -0.05) is 13.8 Å². The number of carbonyl (C=O) groups is 1. The lowest BCUT2D eigenvalue weighted by atomic mass is 9.40.